The monoisotopic (exact) mass is 440 g/mol. The van der Waals surface area contributed by atoms with Crippen molar-refractivity contribution >= 4 is 29.1 Å². The second-order valence-electron chi connectivity index (χ2n) is 7.55. The van der Waals surface area contributed by atoms with E-state index in [1.54, 1.807) is 12.3 Å². The van der Waals surface area contributed by atoms with Crippen LogP contribution in [0.5, 0.6) is 0 Å². The van der Waals surface area contributed by atoms with Gasteiger partial charge in [0.1, 0.15) is 17.5 Å². The number of benzene rings is 1. The summed E-state index contributed by atoms with van der Waals surface area (Å²) in [6, 6.07) is 10.8. The molecule has 31 heavy (non-hydrogen) atoms. The van der Waals surface area contributed by atoms with E-state index in [-0.39, 0.29) is 18.4 Å². The predicted octanol–water partition coefficient (Wildman–Crippen LogP) is 4.40. The van der Waals surface area contributed by atoms with Crippen LogP contribution in [-0.4, -0.2) is 40.7 Å². The third kappa shape index (κ3) is 5.00. The molecule has 1 aliphatic heterocycles. The Kier molecular flexibility index (Phi) is 6.44. The van der Waals surface area contributed by atoms with E-state index in [2.05, 4.69) is 20.2 Å². The molecule has 0 bridgehead atoms. The number of amides is 1. The van der Waals surface area contributed by atoms with E-state index >= 15 is 0 Å². The van der Waals surface area contributed by atoms with Crippen LogP contribution in [0.4, 0.5) is 16.0 Å². The van der Waals surface area contributed by atoms with Crippen molar-refractivity contribution in [2.45, 2.75) is 12.8 Å². The van der Waals surface area contributed by atoms with Crippen molar-refractivity contribution in [3.05, 3.63) is 71.3 Å². The number of aliphatic hydroxyl groups excluding tert-OH is 1. The minimum absolute atomic E-state index is 0.170. The molecule has 1 amide bonds. The van der Waals surface area contributed by atoms with Gasteiger partial charge < -0.3 is 15.3 Å². The average Bonchev–Trinajstić information content (AvgIpc) is 2.81. The normalized spacial score (nSPS) is 16.2. The molecule has 0 spiro atoms. The molecule has 8 heteroatoms. The lowest BCUT2D eigenvalue weighted by Gasteiger charge is -2.32. The Hall–Kier alpha value is -3.03. The van der Waals surface area contributed by atoms with Crippen molar-refractivity contribution in [1.29, 1.82) is 0 Å². The molecule has 4 rings (SSSR count). The fraction of sp³-hybridized carbons (Fsp3) is 0.261. The highest BCUT2D eigenvalue weighted by atomic mass is 35.5. The van der Waals surface area contributed by atoms with Gasteiger partial charge in [-0.3, -0.25) is 4.79 Å². The maximum Gasteiger partial charge on any atom is 0.256 e. The zero-order valence-electron chi connectivity index (χ0n) is 16.8. The Labute approximate surface area is 184 Å². The first-order chi connectivity index (χ1) is 15.0. The molecular formula is C23H22ClFN4O2. The van der Waals surface area contributed by atoms with Crippen LogP contribution >= 0.6 is 11.6 Å². The fourth-order valence-corrected chi connectivity index (χ4v) is 3.91. The maximum absolute atomic E-state index is 13.1. The summed E-state index contributed by atoms with van der Waals surface area (Å²) in [5, 5.41) is 12.7. The Bertz CT molecular complexity index is 1080. The molecule has 3 aromatic rings. The van der Waals surface area contributed by atoms with Crippen molar-refractivity contribution < 1.29 is 14.3 Å². The summed E-state index contributed by atoms with van der Waals surface area (Å²) in [7, 11) is 0. The third-order valence-electron chi connectivity index (χ3n) is 5.36. The van der Waals surface area contributed by atoms with Crippen LogP contribution in [0.1, 0.15) is 23.2 Å². The Morgan fingerprint density at radius 1 is 1.23 bits per heavy atom. The van der Waals surface area contributed by atoms with E-state index in [9.17, 15) is 14.3 Å². The van der Waals surface area contributed by atoms with Crippen LogP contribution in [0.25, 0.3) is 11.1 Å². The van der Waals surface area contributed by atoms with Gasteiger partial charge >= 0.3 is 0 Å². The number of nitrogens with zero attached hydrogens (tertiary/aromatic N) is 3. The average molecular weight is 441 g/mol. The smallest absolute Gasteiger partial charge is 0.256 e. The Morgan fingerprint density at radius 3 is 2.81 bits per heavy atom. The molecule has 3 heterocycles. The van der Waals surface area contributed by atoms with Gasteiger partial charge in [0.25, 0.3) is 5.91 Å². The van der Waals surface area contributed by atoms with Gasteiger partial charge in [-0.2, -0.15) is 0 Å². The second-order valence-corrected chi connectivity index (χ2v) is 7.96. The number of halogens is 2. The van der Waals surface area contributed by atoms with Gasteiger partial charge in [-0.1, -0.05) is 11.6 Å². The number of nitrogens with one attached hydrogen (secondary N) is 1. The SMILES string of the molecule is O=C(Nc1cc(-c2ccnc(N3CCCC(CO)C3)c2)c(Cl)cn1)c1ccc(F)cc1. The number of carbonyl (C=O) groups is 1. The van der Waals surface area contributed by atoms with Crippen molar-refractivity contribution in [3.63, 3.8) is 0 Å². The summed E-state index contributed by atoms with van der Waals surface area (Å²) in [4.78, 5) is 23.3. The molecule has 1 aliphatic rings. The predicted molar refractivity (Wildman–Crippen MR) is 119 cm³/mol. The molecule has 1 unspecified atom stereocenters. The minimum atomic E-state index is -0.407. The van der Waals surface area contributed by atoms with Crippen LogP contribution < -0.4 is 10.2 Å². The van der Waals surface area contributed by atoms with Crippen LogP contribution in [-0.2, 0) is 0 Å². The van der Waals surface area contributed by atoms with E-state index in [1.165, 1.54) is 30.5 Å². The maximum atomic E-state index is 13.1. The summed E-state index contributed by atoms with van der Waals surface area (Å²) in [5.74, 6) is 0.610. The number of aromatic nitrogens is 2. The lowest BCUT2D eigenvalue weighted by Crippen LogP contribution is -2.37. The highest BCUT2D eigenvalue weighted by Crippen LogP contribution is 2.32. The van der Waals surface area contributed by atoms with Crippen LogP contribution in [0, 0.1) is 11.7 Å². The Balaban J connectivity index is 1.57. The van der Waals surface area contributed by atoms with Gasteiger partial charge in [0.15, 0.2) is 0 Å². The number of hydrogen-bond donors (Lipinski definition) is 2. The number of piperidine rings is 1. The van der Waals surface area contributed by atoms with Gasteiger partial charge in [-0.25, -0.2) is 14.4 Å². The minimum Gasteiger partial charge on any atom is -0.396 e. The summed E-state index contributed by atoms with van der Waals surface area (Å²) in [5.41, 5.74) is 1.89. The molecule has 0 radical (unpaired) electrons. The van der Waals surface area contributed by atoms with Crippen LogP contribution in [0.2, 0.25) is 5.02 Å². The lowest BCUT2D eigenvalue weighted by molar-refractivity contribution is 0.102. The first-order valence-corrected chi connectivity index (χ1v) is 10.5. The topological polar surface area (TPSA) is 78.4 Å². The highest BCUT2D eigenvalue weighted by Gasteiger charge is 2.21. The van der Waals surface area contributed by atoms with Crippen molar-refractivity contribution in [3.8, 4) is 11.1 Å². The molecular weight excluding hydrogens is 419 g/mol. The quantitative estimate of drug-likeness (QED) is 0.615. The fourth-order valence-electron chi connectivity index (χ4n) is 3.70. The molecule has 6 nitrogen and oxygen atoms in total. The second kappa shape index (κ2) is 9.41. The first-order valence-electron chi connectivity index (χ1n) is 10.1. The molecule has 1 aromatic carbocycles. The van der Waals surface area contributed by atoms with E-state index < -0.39 is 5.82 Å². The van der Waals surface area contributed by atoms with Gasteiger partial charge in [-0.05, 0) is 66.8 Å². The standard InChI is InChI=1S/C23H22ClFN4O2/c24-20-12-27-21(28-23(31)16-3-5-18(25)6-4-16)11-19(20)17-7-8-26-22(10-17)29-9-1-2-15(13-29)14-30/h3-8,10-12,15,30H,1-2,9,13-14H2,(H,27,28,31). The number of hydrogen-bond acceptors (Lipinski definition) is 5. The molecule has 160 valence electrons. The molecule has 1 atom stereocenters. The Morgan fingerprint density at radius 2 is 2.03 bits per heavy atom. The summed E-state index contributed by atoms with van der Waals surface area (Å²) < 4.78 is 13.1. The molecule has 1 saturated heterocycles. The zero-order chi connectivity index (χ0) is 21.8. The number of carbonyl (C=O) groups excluding carboxylic acids is 1. The van der Waals surface area contributed by atoms with Gasteiger partial charge in [0.05, 0.1) is 5.02 Å². The molecule has 2 aromatic heterocycles. The molecule has 2 N–H and O–H groups in total. The van der Waals surface area contributed by atoms with Crippen LogP contribution in [0.3, 0.4) is 0 Å². The van der Waals surface area contributed by atoms with Gasteiger partial charge in [0.2, 0.25) is 0 Å². The highest BCUT2D eigenvalue weighted by molar-refractivity contribution is 6.33. The number of rotatable bonds is 5. The lowest BCUT2D eigenvalue weighted by atomic mass is 9.99. The van der Waals surface area contributed by atoms with Gasteiger partial charge in [0, 0.05) is 43.2 Å². The summed E-state index contributed by atoms with van der Waals surface area (Å²) >= 11 is 6.40. The largest absolute Gasteiger partial charge is 0.396 e. The number of anilines is 2. The van der Waals surface area contributed by atoms with E-state index in [0.717, 1.165) is 37.3 Å². The van der Waals surface area contributed by atoms with E-state index in [4.69, 9.17) is 11.6 Å². The summed E-state index contributed by atoms with van der Waals surface area (Å²) in [6.07, 6.45) is 5.23. The van der Waals surface area contributed by atoms with Crippen molar-refractivity contribution in [2.24, 2.45) is 5.92 Å². The molecule has 0 saturated carbocycles. The van der Waals surface area contributed by atoms with E-state index in [0.29, 0.717) is 22.0 Å². The molecule has 0 aliphatic carbocycles. The number of aliphatic hydroxyl groups is 1. The summed E-state index contributed by atoms with van der Waals surface area (Å²) in [6.45, 7) is 1.81. The van der Waals surface area contributed by atoms with E-state index in [1.807, 2.05) is 12.1 Å². The van der Waals surface area contributed by atoms with Gasteiger partial charge in [-0.15, -0.1) is 0 Å². The molecule has 1 fully saturated rings. The third-order valence-corrected chi connectivity index (χ3v) is 5.66. The van der Waals surface area contributed by atoms with Crippen molar-refractivity contribution in [1.82, 2.24) is 9.97 Å². The number of pyridine rings is 2. The first kappa shape index (κ1) is 21.2. The van der Waals surface area contributed by atoms with Crippen molar-refractivity contribution in [2.75, 3.05) is 29.9 Å². The van der Waals surface area contributed by atoms with Crippen LogP contribution in [0.15, 0.2) is 54.9 Å². The zero-order valence-corrected chi connectivity index (χ0v) is 17.5.